The molecule has 2 aromatic carbocycles. The lowest BCUT2D eigenvalue weighted by atomic mass is 10.1. The summed E-state index contributed by atoms with van der Waals surface area (Å²) in [5.74, 6) is 0.0357. The maximum absolute atomic E-state index is 11.4. The molecule has 22 heavy (non-hydrogen) atoms. The third kappa shape index (κ3) is 4.97. The minimum absolute atomic E-state index is 0.0357. The molecule has 4 heteroatoms. The monoisotopic (exact) mass is 360 g/mol. The summed E-state index contributed by atoms with van der Waals surface area (Å²) >= 11 is 3.49. The van der Waals surface area contributed by atoms with E-state index in [0.29, 0.717) is 6.42 Å². The van der Waals surface area contributed by atoms with Gasteiger partial charge in [-0.1, -0.05) is 47.1 Å². The van der Waals surface area contributed by atoms with Crippen molar-refractivity contribution in [3.05, 3.63) is 64.1 Å². The molecule has 0 saturated carbocycles. The molecule has 0 aromatic heterocycles. The van der Waals surface area contributed by atoms with Crippen molar-refractivity contribution in [2.75, 3.05) is 5.32 Å². The van der Waals surface area contributed by atoms with Gasteiger partial charge in [0.25, 0.3) is 0 Å². The molecular weight excluding hydrogens is 340 g/mol. The van der Waals surface area contributed by atoms with Gasteiger partial charge in [-0.25, -0.2) is 0 Å². The molecule has 1 atom stereocenters. The van der Waals surface area contributed by atoms with Crippen LogP contribution in [0.2, 0.25) is 0 Å². The van der Waals surface area contributed by atoms with E-state index in [9.17, 15) is 4.79 Å². The molecule has 0 bridgehead atoms. The van der Waals surface area contributed by atoms with E-state index in [2.05, 4.69) is 45.6 Å². The van der Waals surface area contributed by atoms with Gasteiger partial charge < -0.3 is 10.6 Å². The van der Waals surface area contributed by atoms with Gasteiger partial charge in [0, 0.05) is 29.2 Å². The highest BCUT2D eigenvalue weighted by molar-refractivity contribution is 9.10. The molecule has 3 nitrogen and oxygen atoms in total. The molecule has 1 amide bonds. The van der Waals surface area contributed by atoms with Crippen LogP contribution < -0.4 is 10.6 Å². The quantitative estimate of drug-likeness (QED) is 0.787. The number of rotatable bonds is 6. The average Bonchev–Trinajstić information content (AvgIpc) is 2.53. The standard InChI is InChI=1S/C18H21BrN2O/c1-3-18(22)21-17-9-7-15(8-10-17)13(2)20-12-14-5-4-6-16(19)11-14/h4-11,13,20H,3,12H2,1-2H3,(H,21,22)/t13-/m1/s1. The molecule has 0 unspecified atom stereocenters. The van der Waals surface area contributed by atoms with Crippen LogP contribution in [-0.2, 0) is 11.3 Å². The molecule has 0 aliphatic rings. The Balaban J connectivity index is 1.92. The first-order valence-corrected chi connectivity index (χ1v) is 8.25. The lowest BCUT2D eigenvalue weighted by molar-refractivity contribution is -0.115. The van der Waals surface area contributed by atoms with E-state index in [4.69, 9.17) is 0 Å². The molecule has 2 N–H and O–H groups in total. The predicted octanol–water partition coefficient (Wildman–Crippen LogP) is 4.65. The smallest absolute Gasteiger partial charge is 0.224 e. The number of carbonyl (C=O) groups excluding carboxylic acids is 1. The lowest BCUT2D eigenvalue weighted by Crippen LogP contribution is -2.18. The summed E-state index contributed by atoms with van der Waals surface area (Å²) in [5, 5.41) is 6.36. The number of nitrogens with one attached hydrogen (secondary N) is 2. The molecule has 0 heterocycles. The van der Waals surface area contributed by atoms with Gasteiger partial charge in [0.05, 0.1) is 0 Å². The van der Waals surface area contributed by atoms with Crippen molar-refractivity contribution >= 4 is 27.5 Å². The summed E-state index contributed by atoms with van der Waals surface area (Å²) in [6.07, 6.45) is 0.492. The number of carbonyl (C=O) groups is 1. The van der Waals surface area contributed by atoms with Crippen LogP contribution >= 0.6 is 15.9 Å². The van der Waals surface area contributed by atoms with Crippen LogP contribution in [0.15, 0.2) is 53.0 Å². The lowest BCUT2D eigenvalue weighted by Gasteiger charge is -2.15. The molecule has 0 spiro atoms. The number of hydrogen-bond donors (Lipinski definition) is 2. The molecule has 0 aliphatic heterocycles. The highest BCUT2D eigenvalue weighted by Gasteiger charge is 2.06. The van der Waals surface area contributed by atoms with E-state index >= 15 is 0 Å². The topological polar surface area (TPSA) is 41.1 Å². The molecule has 2 aromatic rings. The molecule has 0 aliphatic carbocycles. The minimum atomic E-state index is 0.0357. The average molecular weight is 361 g/mol. The van der Waals surface area contributed by atoms with Crippen molar-refractivity contribution in [2.45, 2.75) is 32.9 Å². The van der Waals surface area contributed by atoms with Crippen LogP contribution in [0.5, 0.6) is 0 Å². The van der Waals surface area contributed by atoms with Crippen molar-refractivity contribution in [2.24, 2.45) is 0 Å². The number of anilines is 1. The Morgan fingerprint density at radius 2 is 1.91 bits per heavy atom. The summed E-state index contributed by atoms with van der Waals surface area (Å²) in [7, 11) is 0. The Bertz CT molecular complexity index is 625. The zero-order chi connectivity index (χ0) is 15.9. The number of halogens is 1. The fourth-order valence-electron chi connectivity index (χ4n) is 2.14. The summed E-state index contributed by atoms with van der Waals surface area (Å²) in [4.78, 5) is 11.4. The fraction of sp³-hybridized carbons (Fsp3) is 0.278. The van der Waals surface area contributed by atoms with Gasteiger partial charge in [-0.2, -0.15) is 0 Å². The van der Waals surface area contributed by atoms with E-state index in [1.54, 1.807) is 0 Å². The third-order valence-corrected chi connectivity index (χ3v) is 4.01. The first kappa shape index (κ1) is 16.7. The number of amides is 1. The first-order chi connectivity index (χ1) is 10.6. The van der Waals surface area contributed by atoms with E-state index in [-0.39, 0.29) is 11.9 Å². The van der Waals surface area contributed by atoms with Crippen LogP contribution in [-0.4, -0.2) is 5.91 Å². The van der Waals surface area contributed by atoms with Crippen LogP contribution in [0.3, 0.4) is 0 Å². The first-order valence-electron chi connectivity index (χ1n) is 7.46. The van der Waals surface area contributed by atoms with Gasteiger partial charge in [0.15, 0.2) is 0 Å². The highest BCUT2D eigenvalue weighted by atomic mass is 79.9. The molecular formula is C18H21BrN2O. The van der Waals surface area contributed by atoms with Gasteiger partial charge in [0.1, 0.15) is 0 Å². The van der Waals surface area contributed by atoms with Crippen molar-refractivity contribution < 1.29 is 4.79 Å². The van der Waals surface area contributed by atoms with E-state index in [1.807, 2.05) is 43.3 Å². The largest absolute Gasteiger partial charge is 0.326 e. The second-order valence-electron chi connectivity index (χ2n) is 5.26. The van der Waals surface area contributed by atoms with Gasteiger partial charge in [-0.05, 0) is 42.3 Å². The fourth-order valence-corrected chi connectivity index (χ4v) is 2.59. The predicted molar refractivity (Wildman–Crippen MR) is 94.8 cm³/mol. The Morgan fingerprint density at radius 1 is 1.18 bits per heavy atom. The molecule has 2 rings (SSSR count). The zero-order valence-corrected chi connectivity index (χ0v) is 14.5. The van der Waals surface area contributed by atoms with Crippen molar-refractivity contribution in [3.8, 4) is 0 Å². The number of hydrogen-bond acceptors (Lipinski definition) is 2. The van der Waals surface area contributed by atoms with Crippen LogP contribution in [0, 0.1) is 0 Å². The van der Waals surface area contributed by atoms with Crippen LogP contribution in [0.4, 0.5) is 5.69 Å². The number of benzene rings is 2. The second kappa shape index (κ2) is 8.11. The Labute approximate surface area is 140 Å². The van der Waals surface area contributed by atoms with E-state index in [0.717, 1.165) is 16.7 Å². The van der Waals surface area contributed by atoms with Gasteiger partial charge >= 0.3 is 0 Å². The molecule has 0 radical (unpaired) electrons. The van der Waals surface area contributed by atoms with Gasteiger partial charge in [-0.15, -0.1) is 0 Å². The van der Waals surface area contributed by atoms with Crippen molar-refractivity contribution in [1.29, 1.82) is 0 Å². The summed E-state index contributed by atoms with van der Waals surface area (Å²) in [6, 6.07) is 16.5. The summed E-state index contributed by atoms with van der Waals surface area (Å²) in [5.41, 5.74) is 3.28. The van der Waals surface area contributed by atoms with Crippen LogP contribution in [0.1, 0.15) is 37.4 Å². The van der Waals surface area contributed by atoms with E-state index in [1.165, 1.54) is 11.1 Å². The Morgan fingerprint density at radius 3 is 2.55 bits per heavy atom. The van der Waals surface area contributed by atoms with E-state index < -0.39 is 0 Å². The normalized spacial score (nSPS) is 12.0. The Hall–Kier alpha value is -1.65. The highest BCUT2D eigenvalue weighted by Crippen LogP contribution is 2.17. The SMILES string of the molecule is CCC(=O)Nc1ccc([C@@H](C)NCc2cccc(Br)c2)cc1. The van der Waals surface area contributed by atoms with Crippen molar-refractivity contribution in [1.82, 2.24) is 5.32 Å². The molecule has 116 valence electrons. The zero-order valence-electron chi connectivity index (χ0n) is 12.9. The summed E-state index contributed by atoms with van der Waals surface area (Å²) < 4.78 is 1.09. The molecule has 0 saturated heterocycles. The maximum Gasteiger partial charge on any atom is 0.224 e. The maximum atomic E-state index is 11.4. The van der Waals surface area contributed by atoms with Gasteiger partial charge in [-0.3, -0.25) is 4.79 Å². The second-order valence-corrected chi connectivity index (χ2v) is 6.17. The van der Waals surface area contributed by atoms with Crippen LogP contribution in [0.25, 0.3) is 0 Å². The third-order valence-electron chi connectivity index (χ3n) is 3.52. The summed E-state index contributed by atoms with van der Waals surface area (Å²) in [6.45, 7) is 4.80. The molecule has 0 fully saturated rings. The minimum Gasteiger partial charge on any atom is -0.326 e. The van der Waals surface area contributed by atoms with Crippen molar-refractivity contribution in [3.63, 3.8) is 0 Å². The Kier molecular flexibility index (Phi) is 6.16. The van der Waals surface area contributed by atoms with Gasteiger partial charge in [0.2, 0.25) is 5.91 Å².